The van der Waals surface area contributed by atoms with Crippen molar-refractivity contribution >= 4 is 29.5 Å². The zero-order valence-electron chi connectivity index (χ0n) is 19.3. The van der Waals surface area contributed by atoms with Crippen molar-refractivity contribution in [1.29, 1.82) is 0 Å². The second-order valence-corrected chi connectivity index (χ2v) is 8.12. The maximum atomic E-state index is 13.0. The zero-order valence-corrected chi connectivity index (χ0v) is 19.3. The predicted octanol–water partition coefficient (Wildman–Crippen LogP) is 0.679. The third-order valence-corrected chi connectivity index (χ3v) is 5.96. The van der Waals surface area contributed by atoms with Gasteiger partial charge in [0.25, 0.3) is 0 Å². The standard InChI is InChI=1S/C23H33N5O5/c1-3-17-7-5-6-8-18(17)25-20(29)15-19-22(31)24-9-10-28(19)21(30)16-26-11-13-27(14-12-26)23(32)33-4-2/h5-8,19H,3-4,9-16H2,1-2H3,(H,24,31)(H,25,29)/t19-/m1/s1. The highest BCUT2D eigenvalue weighted by Gasteiger charge is 2.35. The van der Waals surface area contributed by atoms with Gasteiger partial charge in [0.05, 0.1) is 19.6 Å². The molecule has 4 amide bonds. The molecule has 2 aliphatic heterocycles. The Morgan fingerprint density at radius 3 is 2.52 bits per heavy atom. The molecule has 2 heterocycles. The van der Waals surface area contributed by atoms with Crippen molar-refractivity contribution in [3.05, 3.63) is 29.8 Å². The number of carbonyl (C=O) groups is 4. The number of nitrogens with one attached hydrogen (secondary N) is 2. The van der Waals surface area contributed by atoms with E-state index in [9.17, 15) is 19.2 Å². The van der Waals surface area contributed by atoms with Crippen LogP contribution in [0.3, 0.4) is 0 Å². The van der Waals surface area contributed by atoms with Crippen LogP contribution in [0.15, 0.2) is 24.3 Å². The number of benzene rings is 1. The molecule has 0 spiro atoms. The van der Waals surface area contributed by atoms with Crippen LogP contribution in [0, 0.1) is 0 Å². The van der Waals surface area contributed by atoms with E-state index in [4.69, 9.17) is 4.74 Å². The van der Waals surface area contributed by atoms with Crippen molar-refractivity contribution in [3.63, 3.8) is 0 Å². The first-order valence-corrected chi connectivity index (χ1v) is 11.5. The molecule has 0 bridgehead atoms. The van der Waals surface area contributed by atoms with Crippen LogP contribution in [0.2, 0.25) is 0 Å². The second kappa shape index (κ2) is 11.6. The summed E-state index contributed by atoms with van der Waals surface area (Å²) in [7, 11) is 0. The number of piperazine rings is 2. The lowest BCUT2D eigenvalue weighted by atomic mass is 10.1. The third-order valence-electron chi connectivity index (χ3n) is 5.96. The summed E-state index contributed by atoms with van der Waals surface area (Å²) in [6.07, 6.45) is 0.326. The number of hydrogen-bond donors (Lipinski definition) is 2. The van der Waals surface area contributed by atoms with Crippen molar-refractivity contribution in [1.82, 2.24) is 20.0 Å². The van der Waals surface area contributed by atoms with Crippen LogP contribution < -0.4 is 10.6 Å². The van der Waals surface area contributed by atoms with Crippen LogP contribution in [0.5, 0.6) is 0 Å². The molecule has 1 aromatic carbocycles. The van der Waals surface area contributed by atoms with E-state index < -0.39 is 6.04 Å². The summed E-state index contributed by atoms with van der Waals surface area (Å²) in [5, 5.41) is 5.64. The molecule has 2 N–H and O–H groups in total. The average molecular weight is 460 g/mol. The highest BCUT2D eigenvalue weighted by atomic mass is 16.6. The van der Waals surface area contributed by atoms with Crippen LogP contribution in [0.25, 0.3) is 0 Å². The van der Waals surface area contributed by atoms with Gasteiger partial charge < -0.3 is 25.2 Å². The Morgan fingerprint density at radius 2 is 1.82 bits per heavy atom. The molecular formula is C23H33N5O5. The highest BCUT2D eigenvalue weighted by molar-refractivity contribution is 5.98. The maximum Gasteiger partial charge on any atom is 0.409 e. The van der Waals surface area contributed by atoms with Gasteiger partial charge in [-0.15, -0.1) is 0 Å². The van der Waals surface area contributed by atoms with Gasteiger partial charge in [0.2, 0.25) is 17.7 Å². The number of aryl methyl sites for hydroxylation is 1. The van der Waals surface area contributed by atoms with Crippen LogP contribution in [-0.2, 0) is 25.5 Å². The van der Waals surface area contributed by atoms with Crippen LogP contribution >= 0.6 is 0 Å². The number of rotatable bonds is 7. The lowest BCUT2D eigenvalue weighted by Crippen LogP contribution is -2.60. The molecule has 10 nitrogen and oxygen atoms in total. The minimum Gasteiger partial charge on any atom is -0.450 e. The fraction of sp³-hybridized carbons (Fsp3) is 0.565. The largest absolute Gasteiger partial charge is 0.450 e. The Balaban J connectivity index is 1.57. The molecule has 180 valence electrons. The number of nitrogens with zero attached hydrogens (tertiary/aromatic N) is 3. The lowest BCUT2D eigenvalue weighted by molar-refractivity contribution is -0.145. The van der Waals surface area contributed by atoms with E-state index in [1.54, 1.807) is 11.8 Å². The van der Waals surface area contributed by atoms with Crippen LogP contribution in [0.4, 0.5) is 10.5 Å². The van der Waals surface area contributed by atoms with E-state index in [0.717, 1.165) is 17.7 Å². The van der Waals surface area contributed by atoms with Gasteiger partial charge in [-0.25, -0.2) is 4.79 Å². The summed E-state index contributed by atoms with van der Waals surface area (Å²) in [6.45, 7) is 7.01. The van der Waals surface area contributed by atoms with E-state index in [1.165, 1.54) is 4.90 Å². The maximum absolute atomic E-state index is 13.0. The molecule has 0 unspecified atom stereocenters. The van der Waals surface area contributed by atoms with E-state index in [1.807, 2.05) is 36.1 Å². The second-order valence-electron chi connectivity index (χ2n) is 8.12. The number of amides is 4. The summed E-state index contributed by atoms with van der Waals surface area (Å²) >= 11 is 0. The predicted molar refractivity (Wildman–Crippen MR) is 123 cm³/mol. The minimum atomic E-state index is -0.846. The molecule has 0 saturated carbocycles. The molecule has 3 rings (SSSR count). The Kier molecular flexibility index (Phi) is 8.65. The first-order valence-electron chi connectivity index (χ1n) is 11.5. The Bertz CT molecular complexity index is 869. The lowest BCUT2D eigenvalue weighted by Gasteiger charge is -2.38. The van der Waals surface area contributed by atoms with Crippen molar-refractivity contribution in [2.75, 3.05) is 57.7 Å². The topological polar surface area (TPSA) is 111 Å². The summed E-state index contributed by atoms with van der Waals surface area (Å²) in [6, 6.07) is 6.69. The Hall–Kier alpha value is -3.14. The van der Waals surface area contributed by atoms with Gasteiger partial charge in [0, 0.05) is 45.0 Å². The molecular weight excluding hydrogens is 426 g/mol. The first-order chi connectivity index (χ1) is 15.9. The van der Waals surface area contributed by atoms with Crippen molar-refractivity contribution in [3.8, 4) is 0 Å². The van der Waals surface area contributed by atoms with E-state index in [2.05, 4.69) is 10.6 Å². The van der Waals surface area contributed by atoms with Crippen LogP contribution in [-0.4, -0.2) is 97.0 Å². The van der Waals surface area contributed by atoms with Crippen molar-refractivity contribution in [2.45, 2.75) is 32.7 Å². The van der Waals surface area contributed by atoms with E-state index >= 15 is 0 Å². The molecule has 10 heteroatoms. The number of ether oxygens (including phenoxy) is 1. The Morgan fingerprint density at radius 1 is 1.09 bits per heavy atom. The summed E-state index contributed by atoms with van der Waals surface area (Å²) in [5.74, 6) is -0.819. The van der Waals surface area contributed by atoms with E-state index in [-0.39, 0.29) is 36.8 Å². The fourth-order valence-electron chi connectivity index (χ4n) is 4.13. The summed E-state index contributed by atoms with van der Waals surface area (Å²) < 4.78 is 5.02. The van der Waals surface area contributed by atoms with Crippen molar-refractivity contribution < 1.29 is 23.9 Å². The number of carbonyl (C=O) groups excluding carboxylic acids is 4. The smallest absolute Gasteiger partial charge is 0.409 e. The molecule has 1 aromatic rings. The van der Waals surface area contributed by atoms with Gasteiger partial charge in [-0.1, -0.05) is 25.1 Å². The number of hydrogen-bond acceptors (Lipinski definition) is 6. The van der Waals surface area contributed by atoms with Gasteiger partial charge in [0.15, 0.2) is 0 Å². The summed E-state index contributed by atoms with van der Waals surface area (Å²) in [4.78, 5) is 55.2. The summed E-state index contributed by atoms with van der Waals surface area (Å²) in [5.41, 5.74) is 1.73. The zero-order chi connectivity index (χ0) is 23.8. The molecule has 2 aliphatic rings. The van der Waals surface area contributed by atoms with Crippen LogP contribution in [0.1, 0.15) is 25.8 Å². The first kappa shape index (κ1) is 24.5. The van der Waals surface area contributed by atoms with Crippen molar-refractivity contribution in [2.24, 2.45) is 0 Å². The third kappa shape index (κ3) is 6.44. The quantitative estimate of drug-likeness (QED) is 0.620. The van der Waals surface area contributed by atoms with Gasteiger partial charge >= 0.3 is 6.09 Å². The Labute approximate surface area is 194 Å². The molecule has 2 fully saturated rings. The number of anilines is 1. The van der Waals surface area contributed by atoms with Gasteiger partial charge in [-0.2, -0.15) is 0 Å². The van der Waals surface area contributed by atoms with Gasteiger partial charge in [0.1, 0.15) is 6.04 Å². The normalized spacial score (nSPS) is 19.1. The molecule has 0 aliphatic carbocycles. The fourth-order valence-corrected chi connectivity index (χ4v) is 4.13. The number of para-hydroxylation sites is 1. The SMILES string of the molecule is CCOC(=O)N1CCN(CC(=O)N2CCNC(=O)[C@H]2CC(=O)Nc2ccccc2CC)CC1. The molecule has 0 radical (unpaired) electrons. The molecule has 33 heavy (non-hydrogen) atoms. The van der Waals surface area contributed by atoms with E-state index in [0.29, 0.717) is 45.9 Å². The molecule has 2 saturated heterocycles. The highest BCUT2D eigenvalue weighted by Crippen LogP contribution is 2.17. The van der Waals surface area contributed by atoms with Gasteiger partial charge in [-0.05, 0) is 25.0 Å². The average Bonchev–Trinajstić information content (AvgIpc) is 2.81. The minimum absolute atomic E-state index is 0.105. The molecule has 1 atom stereocenters. The molecule has 0 aromatic heterocycles. The van der Waals surface area contributed by atoms with Gasteiger partial charge in [-0.3, -0.25) is 19.3 Å². The monoisotopic (exact) mass is 459 g/mol.